The van der Waals surface area contributed by atoms with E-state index in [1.165, 1.54) is 0 Å². The summed E-state index contributed by atoms with van der Waals surface area (Å²) in [5, 5.41) is 18.7. The molecular weight excluding hydrogens is 264 g/mol. The number of nitrogen functional groups attached to an aromatic ring is 1. The third-order valence-corrected chi connectivity index (χ3v) is 3.50. The molecule has 0 amide bonds. The molecule has 0 unspecified atom stereocenters. The van der Waals surface area contributed by atoms with Gasteiger partial charge < -0.3 is 20.8 Å². The number of phenolic OH excluding ortho intramolecular Hbond substituents is 1. The Morgan fingerprint density at radius 3 is 2.48 bits per heavy atom. The van der Waals surface area contributed by atoms with Crippen LogP contribution < -0.4 is 10.6 Å². The molecule has 0 atom stereocenters. The molecule has 0 fully saturated rings. The van der Waals surface area contributed by atoms with Crippen LogP contribution in [0.3, 0.4) is 0 Å². The van der Waals surface area contributed by atoms with E-state index < -0.39 is 0 Å². The first-order chi connectivity index (χ1) is 10.1. The van der Waals surface area contributed by atoms with E-state index in [4.69, 9.17) is 10.8 Å². The second-order valence-electron chi connectivity index (χ2n) is 5.14. The molecule has 0 heterocycles. The zero-order valence-electron chi connectivity index (χ0n) is 12.3. The van der Waals surface area contributed by atoms with Gasteiger partial charge in [0.1, 0.15) is 5.75 Å². The highest BCUT2D eigenvalue weighted by atomic mass is 16.3. The van der Waals surface area contributed by atoms with Crippen molar-refractivity contribution in [1.29, 1.82) is 0 Å². The minimum absolute atomic E-state index is 0.189. The number of phenols is 1. The van der Waals surface area contributed by atoms with Crippen LogP contribution in [0.15, 0.2) is 42.5 Å². The second kappa shape index (κ2) is 6.99. The number of hydrogen-bond donors (Lipinski definition) is 3. The fraction of sp³-hybridized carbons (Fsp3) is 0.294. The Balaban J connectivity index is 2.32. The summed E-state index contributed by atoms with van der Waals surface area (Å²) in [5.74, 6) is 0.242. The van der Waals surface area contributed by atoms with Crippen molar-refractivity contribution in [1.82, 2.24) is 0 Å². The van der Waals surface area contributed by atoms with Gasteiger partial charge in [0, 0.05) is 36.3 Å². The van der Waals surface area contributed by atoms with Crippen LogP contribution >= 0.6 is 0 Å². The van der Waals surface area contributed by atoms with Crippen molar-refractivity contribution in [3.8, 4) is 5.75 Å². The fourth-order valence-electron chi connectivity index (χ4n) is 2.28. The third kappa shape index (κ3) is 3.89. The van der Waals surface area contributed by atoms with Gasteiger partial charge in [-0.3, -0.25) is 0 Å². The Bertz CT molecular complexity index is 599. The lowest BCUT2D eigenvalue weighted by molar-refractivity contribution is 0.285. The molecule has 0 aromatic heterocycles. The molecule has 0 radical (unpaired) electrons. The molecule has 0 spiro atoms. The molecular formula is C17H22N2O2. The molecule has 112 valence electrons. The highest BCUT2D eigenvalue weighted by Gasteiger charge is 2.10. The molecule has 0 bridgehead atoms. The minimum atomic E-state index is 0.189. The maximum absolute atomic E-state index is 9.69. The van der Waals surface area contributed by atoms with Crippen molar-refractivity contribution in [3.05, 3.63) is 48.0 Å². The van der Waals surface area contributed by atoms with Gasteiger partial charge in [-0.25, -0.2) is 0 Å². The summed E-state index contributed by atoms with van der Waals surface area (Å²) in [6.45, 7) is 2.94. The van der Waals surface area contributed by atoms with E-state index in [0.29, 0.717) is 0 Å². The van der Waals surface area contributed by atoms with Crippen molar-refractivity contribution >= 4 is 17.1 Å². The summed E-state index contributed by atoms with van der Waals surface area (Å²) >= 11 is 0. The molecule has 4 N–H and O–H groups in total. The zero-order valence-corrected chi connectivity index (χ0v) is 12.3. The van der Waals surface area contributed by atoms with Crippen molar-refractivity contribution in [2.45, 2.75) is 19.8 Å². The van der Waals surface area contributed by atoms with Gasteiger partial charge in [-0.1, -0.05) is 6.07 Å². The highest BCUT2D eigenvalue weighted by molar-refractivity contribution is 5.67. The van der Waals surface area contributed by atoms with Gasteiger partial charge in [0.05, 0.1) is 0 Å². The number of aromatic hydroxyl groups is 1. The standard InChI is InChI=1S/C17H22N2O2/c1-13-11-15(7-8-17(13)18)19(9-2-3-10-20)14-5-4-6-16(21)12-14/h4-8,11-12,20-21H,2-3,9-10,18H2,1H3. The van der Waals surface area contributed by atoms with Crippen LogP contribution in [0.2, 0.25) is 0 Å². The van der Waals surface area contributed by atoms with Crippen molar-refractivity contribution in [3.63, 3.8) is 0 Å². The number of hydrogen-bond acceptors (Lipinski definition) is 4. The Kier molecular flexibility index (Phi) is 5.06. The quantitative estimate of drug-likeness (QED) is 0.563. The van der Waals surface area contributed by atoms with Crippen LogP contribution in [0.25, 0.3) is 0 Å². The molecule has 21 heavy (non-hydrogen) atoms. The predicted molar refractivity (Wildman–Crippen MR) is 87.0 cm³/mol. The van der Waals surface area contributed by atoms with Gasteiger partial charge in [-0.05, 0) is 55.7 Å². The summed E-state index contributed by atoms with van der Waals surface area (Å²) in [4.78, 5) is 2.13. The summed E-state index contributed by atoms with van der Waals surface area (Å²) in [6, 6.07) is 13.1. The number of aliphatic hydroxyl groups excluding tert-OH is 1. The molecule has 0 aliphatic carbocycles. The van der Waals surface area contributed by atoms with E-state index in [1.807, 2.05) is 37.3 Å². The van der Waals surface area contributed by atoms with Gasteiger partial charge in [0.2, 0.25) is 0 Å². The Morgan fingerprint density at radius 1 is 1.05 bits per heavy atom. The number of unbranched alkanes of at least 4 members (excludes halogenated alkanes) is 1. The number of nitrogens with zero attached hydrogens (tertiary/aromatic N) is 1. The molecule has 0 aliphatic heterocycles. The lowest BCUT2D eigenvalue weighted by Gasteiger charge is -2.26. The number of anilines is 3. The first kappa shape index (κ1) is 15.2. The summed E-state index contributed by atoms with van der Waals surface area (Å²) < 4.78 is 0. The number of benzene rings is 2. The van der Waals surface area contributed by atoms with E-state index in [0.717, 1.165) is 42.0 Å². The number of nitrogens with two attached hydrogens (primary N) is 1. The normalized spacial score (nSPS) is 10.6. The highest BCUT2D eigenvalue weighted by Crippen LogP contribution is 2.30. The Labute approximate surface area is 125 Å². The molecule has 0 aliphatic rings. The zero-order chi connectivity index (χ0) is 15.2. The maximum atomic E-state index is 9.69. The number of rotatable bonds is 6. The van der Waals surface area contributed by atoms with Gasteiger partial charge in [-0.2, -0.15) is 0 Å². The van der Waals surface area contributed by atoms with Crippen molar-refractivity contribution < 1.29 is 10.2 Å². The molecule has 0 saturated heterocycles. The first-order valence-electron chi connectivity index (χ1n) is 7.15. The lowest BCUT2D eigenvalue weighted by Crippen LogP contribution is -2.19. The summed E-state index contributed by atoms with van der Waals surface area (Å²) in [6.07, 6.45) is 1.62. The average Bonchev–Trinajstić information content (AvgIpc) is 2.47. The average molecular weight is 286 g/mol. The van der Waals surface area contributed by atoms with Gasteiger partial charge in [0.25, 0.3) is 0 Å². The van der Waals surface area contributed by atoms with E-state index in [2.05, 4.69) is 4.90 Å². The van der Waals surface area contributed by atoms with Crippen molar-refractivity contribution in [2.24, 2.45) is 0 Å². The molecule has 4 nitrogen and oxygen atoms in total. The van der Waals surface area contributed by atoms with Crippen LogP contribution in [0.1, 0.15) is 18.4 Å². The van der Waals surface area contributed by atoms with E-state index in [-0.39, 0.29) is 12.4 Å². The molecule has 2 aromatic rings. The fourth-order valence-corrected chi connectivity index (χ4v) is 2.28. The maximum Gasteiger partial charge on any atom is 0.117 e. The smallest absolute Gasteiger partial charge is 0.117 e. The van der Waals surface area contributed by atoms with Gasteiger partial charge in [-0.15, -0.1) is 0 Å². The van der Waals surface area contributed by atoms with E-state index in [9.17, 15) is 5.11 Å². The van der Waals surface area contributed by atoms with Crippen LogP contribution in [0, 0.1) is 6.92 Å². The van der Waals surface area contributed by atoms with Gasteiger partial charge in [0.15, 0.2) is 0 Å². The lowest BCUT2D eigenvalue weighted by atomic mass is 10.1. The molecule has 2 rings (SSSR count). The van der Waals surface area contributed by atoms with Gasteiger partial charge >= 0.3 is 0 Å². The van der Waals surface area contributed by atoms with E-state index in [1.54, 1.807) is 12.1 Å². The molecule has 4 heteroatoms. The summed E-state index contributed by atoms with van der Waals surface area (Å²) in [7, 11) is 0. The Hall–Kier alpha value is -2.20. The number of aryl methyl sites for hydroxylation is 1. The van der Waals surface area contributed by atoms with Crippen LogP contribution in [-0.4, -0.2) is 23.4 Å². The monoisotopic (exact) mass is 286 g/mol. The molecule has 0 saturated carbocycles. The van der Waals surface area contributed by atoms with E-state index >= 15 is 0 Å². The minimum Gasteiger partial charge on any atom is -0.508 e. The van der Waals surface area contributed by atoms with Crippen molar-refractivity contribution in [2.75, 3.05) is 23.8 Å². The van der Waals surface area contributed by atoms with Crippen LogP contribution in [0.5, 0.6) is 5.75 Å². The SMILES string of the molecule is Cc1cc(N(CCCCO)c2cccc(O)c2)ccc1N. The summed E-state index contributed by atoms with van der Waals surface area (Å²) in [5.41, 5.74) is 9.64. The van der Waals surface area contributed by atoms with Crippen LogP contribution in [-0.2, 0) is 0 Å². The largest absolute Gasteiger partial charge is 0.508 e. The third-order valence-electron chi connectivity index (χ3n) is 3.50. The topological polar surface area (TPSA) is 69.7 Å². The second-order valence-corrected chi connectivity index (χ2v) is 5.14. The first-order valence-corrected chi connectivity index (χ1v) is 7.15. The van der Waals surface area contributed by atoms with Crippen LogP contribution in [0.4, 0.5) is 17.1 Å². The molecule has 2 aromatic carbocycles. The number of aliphatic hydroxyl groups is 1. The predicted octanol–water partition coefficient (Wildman–Crippen LogP) is 3.19. The Morgan fingerprint density at radius 2 is 1.81 bits per heavy atom.